The predicted octanol–water partition coefficient (Wildman–Crippen LogP) is 3.48. The lowest BCUT2D eigenvalue weighted by Gasteiger charge is -2.09. The second-order valence-electron chi connectivity index (χ2n) is 5.29. The molecule has 27 heavy (non-hydrogen) atoms. The lowest BCUT2D eigenvalue weighted by molar-refractivity contribution is -0.384. The first kappa shape index (κ1) is 18.4. The zero-order valence-electron chi connectivity index (χ0n) is 14.6. The quantitative estimate of drug-likeness (QED) is 0.507. The van der Waals surface area contributed by atoms with Crippen LogP contribution >= 0.6 is 11.3 Å². The molecule has 0 bridgehead atoms. The SMILES string of the molecule is COc1ccc(OC)c(C(=O)Nc2nc3c(OC)cc([N+](=O)[O-])cc3s2)c1. The Kier molecular flexibility index (Phi) is 5.08. The fourth-order valence-electron chi connectivity index (χ4n) is 2.46. The number of thiazole rings is 1. The van der Waals surface area contributed by atoms with Crippen LogP contribution in [-0.4, -0.2) is 37.1 Å². The van der Waals surface area contributed by atoms with E-state index in [4.69, 9.17) is 14.2 Å². The molecule has 0 aliphatic heterocycles. The topological polar surface area (TPSA) is 113 Å². The molecule has 0 saturated carbocycles. The Morgan fingerprint density at radius 2 is 1.85 bits per heavy atom. The monoisotopic (exact) mass is 389 g/mol. The first-order valence-electron chi connectivity index (χ1n) is 7.63. The predicted molar refractivity (Wildman–Crippen MR) is 100 cm³/mol. The number of nitrogens with one attached hydrogen (secondary N) is 1. The Morgan fingerprint density at radius 3 is 2.48 bits per heavy atom. The van der Waals surface area contributed by atoms with Gasteiger partial charge in [-0.3, -0.25) is 20.2 Å². The van der Waals surface area contributed by atoms with Gasteiger partial charge in [0, 0.05) is 6.07 Å². The van der Waals surface area contributed by atoms with Gasteiger partial charge in [0.25, 0.3) is 11.6 Å². The third-order valence-electron chi connectivity index (χ3n) is 3.75. The number of hydrogen-bond acceptors (Lipinski definition) is 8. The molecule has 1 amide bonds. The molecule has 0 unspecified atom stereocenters. The molecule has 3 rings (SSSR count). The standard InChI is InChI=1S/C17H15N3O6S/c1-24-10-4-5-12(25-2)11(8-10)16(21)19-17-18-15-13(26-3)6-9(20(22)23)7-14(15)27-17/h4-8H,1-3H3,(H,18,19,21). The molecule has 0 fully saturated rings. The number of nitro benzene ring substituents is 1. The number of non-ortho nitro benzene ring substituents is 1. The van der Waals surface area contributed by atoms with Crippen LogP contribution in [0.4, 0.5) is 10.8 Å². The third-order valence-corrected chi connectivity index (χ3v) is 4.66. The van der Waals surface area contributed by atoms with Gasteiger partial charge in [-0.25, -0.2) is 4.98 Å². The van der Waals surface area contributed by atoms with E-state index in [-0.39, 0.29) is 22.1 Å². The summed E-state index contributed by atoms with van der Waals surface area (Å²) in [5, 5.41) is 14.0. The van der Waals surface area contributed by atoms with E-state index in [2.05, 4.69) is 10.3 Å². The van der Waals surface area contributed by atoms with E-state index in [0.29, 0.717) is 21.7 Å². The van der Waals surface area contributed by atoms with Gasteiger partial charge in [0.15, 0.2) is 10.9 Å². The highest BCUT2D eigenvalue weighted by Crippen LogP contribution is 2.36. The van der Waals surface area contributed by atoms with Gasteiger partial charge in [0.2, 0.25) is 0 Å². The maximum atomic E-state index is 12.6. The van der Waals surface area contributed by atoms with E-state index in [0.717, 1.165) is 11.3 Å². The fraction of sp³-hybridized carbons (Fsp3) is 0.176. The van der Waals surface area contributed by atoms with Crippen LogP contribution in [0.5, 0.6) is 17.2 Å². The van der Waals surface area contributed by atoms with Gasteiger partial charge in [0.05, 0.1) is 42.6 Å². The van der Waals surface area contributed by atoms with Gasteiger partial charge in [-0.05, 0) is 18.2 Å². The highest BCUT2D eigenvalue weighted by Gasteiger charge is 2.19. The number of anilines is 1. The molecule has 0 atom stereocenters. The van der Waals surface area contributed by atoms with Gasteiger partial charge in [0.1, 0.15) is 17.0 Å². The lowest BCUT2D eigenvalue weighted by atomic mass is 10.1. The largest absolute Gasteiger partial charge is 0.497 e. The zero-order valence-corrected chi connectivity index (χ0v) is 15.5. The van der Waals surface area contributed by atoms with Gasteiger partial charge in [-0.2, -0.15) is 0 Å². The molecule has 1 heterocycles. The summed E-state index contributed by atoms with van der Waals surface area (Å²) in [6.07, 6.45) is 0. The first-order chi connectivity index (χ1) is 13.0. The van der Waals surface area contributed by atoms with Gasteiger partial charge < -0.3 is 14.2 Å². The molecule has 2 aromatic carbocycles. The van der Waals surface area contributed by atoms with Crippen LogP contribution in [0.2, 0.25) is 0 Å². The molecule has 10 heteroatoms. The number of aromatic nitrogens is 1. The van der Waals surface area contributed by atoms with Crippen LogP contribution < -0.4 is 19.5 Å². The summed E-state index contributed by atoms with van der Waals surface area (Å²) in [6.45, 7) is 0. The van der Waals surface area contributed by atoms with Crippen LogP contribution in [0, 0.1) is 10.1 Å². The molecule has 0 saturated heterocycles. The summed E-state index contributed by atoms with van der Waals surface area (Å²) in [5.41, 5.74) is 0.588. The Morgan fingerprint density at radius 1 is 1.11 bits per heavy atom. The first-order valence-corrected chi connectivity index (χ1v) is 8.44. The fourth-order valence-corrected chi connectivity index (χ4v) is 3.37. The van der Waals surface area contributed by atoms with Crippen molar-refractivity contribution in [3.8, 4) is 17.2 Å². The zero-order chi connectivity index (χ0) is 19.6. The number of fused-ring (bicyclic) bond motifs is 1. The van der Waals surface area contributed by atoms with Gasteiger partial charge >= 0.3 is 0 Å². The Balaban J connectivity index is 1.97. The van der Waals surface area contributed by atoms with Crippen molar-refractivity contribution in [2.45, 2.75) is 0 Å². The summed E-state index contributed by atoms with van der Waals surface area (Å²) in [5.74, 6) is 0.693. The second-order valence-corrected chi connectivity index (χ2v) is 6.32. The van der Waals surface area contributed by atoms with E-state index in [1.54, 1.807) is 18.2 Å². The molecule has 1 N–H and O–H groups in total. The number of nitrogens with zero attached hydrogens (tertiary/aromatic N) is 2. The average Bonchev–Trinajstić information content (AvgIpc) is 3.08. The molecule has 140 valence electrons. The number of nitro groups is 1. The highest BCUT2D eigenvalue weighted by atomic mass is 32.1. The van der Waals surface area contributed by atoms with Crippen LogP contribution in [0.15, 0.2) is 30.3 Å². The smallest absolute Gasteiger partial charge is 0.274 e. The third kappa shape index (κ3) is 3.60. The van der Waals surface area contributed by atoms with E-state index >= 15 is 0 Å². The van der Waals surface area contributed by atoms with Crippen molar-refractivity contribution in [2.24, 2.45) is 0 Å². The number of rotatable bonds is 6. The van der Waals surface area contributed by atoms with Crippen molar-refractivity contribution in [2.75, 3.05) is 26.6 Å². The van der Waals surface area contributed by atoms with E-state index in [1.807, 2.05) is 0 Å². The Hall–Kier alpha value is -3.40. The molecular formula is C17H15N3O6S. The summed E-state index contributed by atoms with van der Waals surface area (Å²) in [4.78, 5) is 27.5. The number of ether oxygens (including phenoxy) is 3. The van der Waals surface area contributed by atoms with E-state index in [9.17, 15) is 14.9 Å². The number of carbonyl (C=O) groups excluding carboxylic acids is 1. The highest BCUT2D eigenvalue weighted by molar-refractivity contribution is 7.22. The van der Waals surface area contributed by atoms with Crippen LogP contribution in [0.25, 0.3) is 10.2 Å². The molecular weight excluding hydrogens is 374 g/mol. The van der Waals surface area contributed by atoms with Crippen molar-refractivity contribution < 1.29 is 23.9 Å². The summed E-state index contributed by atoms with van der Waals surface area (Å²) in [6, 6.07) is 7.53. The minimum absolute atomic E-state index is 0.115. The van der Waals surface area contributed by atoms with E-state index < -0.39 is 10.8 Å². The lowest BCUT2D eigenvalue weighted by Crippen LogP contribution is -2.13. The maximum absolute atomic E-state index is 12.6. The molecule has 0 aliphatic carbocycles. The number of carbonyl (C=O) groups is 1. The number of benzene rings is 2. The summed E-state index contributed by atoms with van der Waals surface area (Å²) < 4.78 is 16.1. The molecule has 0 spiro atoms. The second kappa shape index (κ2) is 7.46. The number of hydrogen-bond donors (Lipinski definition) is 1. The Bertz CT molecular complexity index is 1030. The maximum Gasteiger partial charge on any atom is 0.274 e. The van der Waals surface area contributed by atoms with Crippen molar-refractivity contribution in [3.63, 3.8) is 0 Å². The molecule has 3 aromatic rings. The normalized spacial score (nSPS) is 10.5. The number of amides is 1. The summed E-state index contributed by atoms with van der Waals surface area (Å²) >= 11 is 1.11. The number of methoxy groups -OCH3 is 3. The molecule has 0 radical (unpaired) electrons. The van der Waals surface area contributed by atoms with Crippen LogP contribution in [0.3, 0.4) is 0 Å². The van der Waals surface area contributed by atoms with E-state index in [1.165, 1.54) is 33.5 Å². The van der Waals surface area contributed by atoms with Crippen molar-refractivity contribution >= 4 is 38.3 Å². The van der Waals surface area contributed by atoms with Gasteiger partial charge in [-0.15, -0.1) is 0 Å². The minimum atomic E-state index is -0.513. The van der Waals surface area contributed by atoms with Crippen LogP contribution in [-0.2, 0) is 0 Å². The average molecular weight is 389 g/mol. The Labute approximate surface area is 157 Å². The van der Waals surface area contributed by atoms with Crippen LogP contribution in [0.1, 0.15) is 10.4 Å². The van der Waals surface area contributed by atoms with Crippen molar-refractivity contribution in [1.82, 2.24) is 4.98 Å². The van der Waals surface area contributed by atoms with Gasteiger partial charge in [-0.1, -0.05) is 11.3 Å². The minimum Gasteiger partial charge on any atom is -0.497 e. The summed E-state index contributed by atoms with van der Waals surface area (Å²) in [7, 11) is 4.35. The van der Waals surface area contributed by atoms with Crippen molar-refractivity contribution in [3.05, 3.63) is 46.0 Å². The van der Waals surface area contributed by atoms with Crippen molar-refractivity contribution in [1.29, 1.82) is 0 Å². The molecule has 9 nitrogen and oxygen atoms in total. The molecule has 0 aliphatic rings. The molecule has 1 aromatic heterocycles.